The van der Waals surface area contributed by atoms with Crippen LogP contribution in [-0.2, 0) is 13.0 Å². The molecule has 0 saturated carbocycles. The van der Waals surface area contributed by atoms with Crippen molar-refractivity contribution >= 4 is 11.6 Å². The van der Waals surface area contributed by atoms with Crippen LogP contribution in [0, 0.1) is 0 Å². The van der Waals surface area contributed by atoms with Gasteiger partial charge in [0.25, 0.3) is 5.91 Å². The minimum Gasteiger partial charge on any atom is -0.383 e. The predicted octanol–water partition coefficient (Wildman–Crippen LogP) is 2.25. The second-order valence-corrected chi connectivity index (χ2v) is 6.41. The van der Waals surface area contributed by atoms with E-state index in [0.717, 1.165) is 31.7 Å². The maximum Gasteiger partial charge on any atom is 0.272 e. The Kier molecular flexibility index (Phi) is 5.11. The molecule has 0 radical (unpaired) electrons. The number of hydrogen-bond acceptors (Lipinski definition) is 4. The Morgan fingerprint density at radius 3 is 2.71 bits per heavy atom. The summed E-state index contributed by atoms with van der Waals surface area (Å²) < 4.78 is 0. The zero-order valence-corrected chi connectivity index (χ0v) is 14.3. The molecule has 0 unspecified atom stereocenters. The molecule has 2 heterocycles. The standard InChI is InChI=1S/C19H24N4O/c1-22(2)12-10-20-17-7-8-18(21-13-17)19(24)23-11-9-15-5-3-4-6-16(15)14-23/h3-8,13,20H,9-12,14H2,1-2H3. The first-order valence-electron chi connectivity index (χ1n) is 8.34. The van der Waals surface area contributed by atoms with Crippen molar-refractivity contribution in [1.82, 2.24) is 14.8 Å². The highest BCUT2D eigenvalue weighted by Gasteiger charge is 2.22. The molecular formula is C19H24N4O. The van der Waals surface area contributed by atoms with E-state index in [2.05, 4.69) is 33.4 Å². The molecule has 1 aliphatic rings. The van der Waals surface area contributed by atoms with Crippen LogP contribution < -0.4 is 5.32 Å². The Morgan fingerprint density at radius 1 is 1.21 bits per heavy atom. The number of amides is 1. The number of hydrogen-bond donors (Lipinski definition) is 1. The first-order valence-corrected chi connectivity index (χ1v) is 8.34. The molecule has 0 bridgehead atoms. The van der Waals surface area contributed by atoms with Crippen LogP contribution in [0.2, 0.25) is 0 Å². The maximum absolute atomic E-state index is 12.7. The zero-order valence-electron chi connectivity index (χ0n) is 14.3. The highest BCUT2D eigenvalue weighted by Crippen LogP contribution is 2.20. The van der Waals surface area contributed by atoms with Crippen molar-refractivity contribution in [2.45, 2.75) is 13.0 Å². The number of fused-ring (bicyclic) bond motifs is 1. The summed E-state index contributed by atoms with van der Waals surface area (Å²) in [7, 11) is 4.08. The molecule has 0 fully saturated rings. The lowest BCUT2D eigenvalue weighted by Crippen LogP contribution is -2.36. The molecule has 3 rings (SSSR count). The number of carbonyl (C=O) groups excluding carboxylic acids is 1. The van der Waals surface area contributed by atoms with Crippen LogP contribution in [0.3, 0.4) is 0 Å². The van der Waals surface area contributed by atoms with Crippen molar-refractivity contribution in [1.29, 1.82) is 0 Å². The molecule has 1 aromatic carbocycles. The van der Waals surface area contributed by atoms with Crippen molar-refractivity contribution in [3.63, 3.8) is 0 Å². The first kappa shape index (κ1) is 16.5. The maximum atomic E-state index is 12.7. The highest BCUT2D eigenvalue weighted by atomic mass is 16.2. The van der Waals surface area contributed by atoms with Crippen LogP contribution in [0.15, 0.2) is 42.6 Å². The zero-order chi connectivity index (χ0) is 16.9. The summed E-state index contributed by atoms with van der Waals surface area (Å²) in [5, 5.41) is 3.31. The van der Waals surface area contributed by atoms with Crippen molar-refractivity contribution in [2.75, 3.05) is 39.0 Å². The molecule has 1 N–H and O–H groups in total. The summed E-state index contributed by atoms with van der Waals surface area (Å²) in [6.07, 6.45) is 2.65. The molecule has 0 spiro atoms. The van der Waals surface area contributed by atoms with E-state index in [0.29, 0.717) is 12.2 Å². The Labute approximate surface area is 143 Å². The summed E-state index contributed by atoms with van der Waals surface area (Å²) in [6, 6.07) is 12.1. The number of likely N-dealkylation sites (N-methyl/N-ethyl adjacent to an activating group) is 1. The third-order valence-corrected chi connectivity index (χ3v) is 4.29. The third-order valence-electron chi connectivity index (χ3n) is 4.29. The fraction of sp³-hybridized carbons (Fsp3) is 0.368. The molecule has 2 aromatic rings. The van der Waals surface area contributed by atoms with Crippen LogP contribution in [0.25, 0.3) is 0 Å². The molecule has 0 saturated heterocycles. The summed E-state index contributed by atoms with van der Waals surface area (Å²) in [4.78, 5) is 21.0. The van der Waals surface area contributed by atoms with E-state index >= 15 is 0 Å². The number of carbonyl (C=O) groups is 1. The molecule has 1 amide bonds. The molecule has 0 atom stereocenters. The Morgan fingerprint density at radius 2 is 2.00 bits per heavy atom. The largest absolute Gasteiger partial charge is 0.383 e. The number of pyridine rings is 1. The number of rotatable bonds is 5. The predicted molar refractivity (Wildman–Crippen MR) is 96.2 cm³/mol. The second-order valence-electron chi connectivity index (χ2n) is 6.41. The number of benzene rings is 1. The lowest BCUT2D eigenvalue weighted by atomic mass is 10.00. The van der Waals surface area contributed by atoms with E-state index in [1.54, 1.807) is 12.3 Å². The van der Waals surface area contributed by atoms with Crippen LogP contribution in [0.1, 0.15) is 21.6 Å². The van der Waals surface area contributed by atoms with Gasteiger partial charge in [0.05, 0.1) is 11.9 Å². The summed E-state index contributed by atoms with van der Waals surface area (Å²) in [5.74, 6) is 0.00402. The summed E-state index contributed by atoms with van der Waals surface area (Å²) in [6.45, 7) is 3.22. The number of nitrogens with zero attached hydrogens (tertiary/aromatic N) is 3. The summed E-state index contributed by atoms with van der Waals surface area (Å²) in [5.41, 5.74) is 4.03. The average Bonchev–Trinajstić information content (AvgIpc) is 2.61. The molecular weight excluding hydrogens is 300 g/mol. The van der Waals surface area contributed by atoms with Crippen LogP contribution >= 0.6 is 0 Å². The fourth-order valence-corrected chi connectivity index (χ4v) is 2.88. The smallest absolute Gasteiger partial charge is 0.272 e. The number of aromatic nitrogens is 1. The van der Waals surface area contributed by atoms with Gasteiger partial charge in [-0.3, -0.25) is 4.79 Å². The molecule has 1 aromatic heterocycles. The van der Waals surface area contributed by atoms with E-state index in [1.165, 1.54) is 11.1 Å². The van der Waals surface area contributed by atoms with Gasteiger partial charge in [-0.05, 0) is 43.8 Å². The number of anilines is 1. The van der Waals surface area contributed by atoms with Crippen molar-refractivity contribution in [3.8, 4) is 0 Å². The molecule has 1 aliphatic heterocycles. The Bertz CT molecular complexity index is 697. The van der Waals surface area contributed by atoms with Gasteiger partial charge in [-0.25, -0.2) is 4.98 Å². The fourth-order valence-electron chi connectivity index (χ4n) is 2.88. The highest BCUT2D eigenvalue weighted by molar-refractivity contribution is 5.92. The monoisotopic (exact) mass is 324 g/mol. The van der Waals surface area contributed by atoms with Gasteiger partial charge in [0.1, 0.15) is 5.69 Å². The Balaban J connectivity index is 1.61. The van der Waals surface area contributed by atoms with Gasteiger partial charge in [0.2, 0.25) is 0 Å². The van der Waals surface area contributed by atoms with E-state index < -0.39 is 0 Å². The lowest BCUT2D eigenvalue weighted by Gasteiger charge is -2.28. The molecule has 24 heavy (non-hydrogen) atoms. The van der Waals surface area contributed by atoms with Crippen molar-refractivity contribution < 1.29 is 4.79 Å². The van der Waals surface area contributed by atoms with E-state index in [1.807, 2.05) is 31.1 Å². The van der Waals surface area contributed by atoms with Gasteiger partial charge in [-0.15, -0.1) is 0 Å². The minimum absolute atomic E-state index is 0.00402. The molecule has 5 nitrogen and oxygen atoms in total. The normalized spacial score (nSPS) is 13.7. The van der Waals surface area contributed by atoms with Gasteiger partial charge in [-0.2, -0.15) is 0 Å². The van der Waals surface area contributed by atoms with Gasteiger partial charge >= 0.3 is 0 Å². The third kappa shape index (κ3) is 3.92. The van der Waals surface area contributed by atoms with Crippen LogP contribution in [0.5, 0.6) is 0 Å². The molecule has 5 heteroatoms. The van der Waals surface area contributed by atoms with Crippen LogP contribution in [0.4, 0.5) is 5.69 Å². The average molecular weight is 324 g/mol. The van der Waals surface area contributed by atoms with Gasteiger partial charge in [0, 0.05) is 26.2 Å². The second kappa shape index (κ2) is 7.45. The quantitative estimate of drug-likeness (QED) is 0.916. The Hall–Kier alpha value is -2.40. The SMILES string of the molecule is CN(C)CCNc1ccc(C(=O)N2CCc3ccccc3C2)nc1. The van der Waals surface area contributed by atoms with Crippen molar-refractivity contribution in [2.24, 2.45) is 0 Å². The van der Waals surface area contributed by atoms with E-state index in [4.69, 9.17) is 0 Å². The van der Waals surface area contributed by atoms with E-state index in [-0.39, 0.29) is 5.91 Å². The van der Waals surface area contributed by atoms with Crippen molar-refractivity contribution in [3.05, 3.63) is 59.4 Å². The molecule has 126 valence electrons. The van der Waals surface area contributed by atoms with Gasteiger partial charge in [-0.1, -0.05) is 24.3 Å². The molecule has 0 aliphatic carbocycles. The summed E-state index contributed by atoms with van der Waals surface area (Å²) >= 11 is 0. The lowest BCUT2D eigenvalue weighted by molar-refractivity contribution is 0.0729. The number of nitrogens with one attached hydrogen (secondary N) is 1. The topological polar surface area (TPSA) is 48.5 Å². The van der Waals surface area contributed by atoms with E-state index in [9.17, 15) is 4.79 Å². The van der Waals surface area contributed by atoms with Gasteiger partial charge in [0.15, 0.2) is 0 Å². The van der Waals surface area contributed by atoms with Crippen LogP contribution in [-0.4, -0.2) is 54.4 Å². The minimum atomic E-state index is 0.00402. The van der Waals surface area contributed by atoms with Gasteiger partial charge < -0.3 is 15.1 Å². The first-order chi connectivity index (χ1) is 11.6.